The third-order valence-corrected chi connectivity index (χ3v) is 6.95. The smallest absolute Gasteiger partial charge is 0.191 e. The van der Waals surface area contributed by atoms with Crippen molar-refractivity contribution in [3.05, 3.63) is 34.0 Å². The number of aromatic nitrogens is 3. The first-order valence-electron chi connectivity index (χ1n) is 11.2. The van der Waals surface area contributed by atoms with Crippen LogP contribution >= 0.6 is 35.3 Å². The average Bonchev–Trinajstić information content (AvgIpc) is 3.38. The van der Waals surface area contributed by atoms with Gasteiger partial charge < -0.3 is 15.2 Å². The van der Waals surface area contributed by atoms with E-state index in [4.69, 9.17) is 4.99 Å². The summed E-state index contributed by atoms with van der Waals surface area (Å²) in [7, 11) is 1.99. The van der Waals surface area contributed by atoms with E-state index in [2.05, 4.69) is 57.1 Å². The lowest BCUT2D eigenvalue weighted by atomic mass is 9.97. The van der Waals surface area contributed by atoms with E-state index < -0.39 is 0 Å². The van der Waals surface area contributed by atoms with Crippen LogP contribution in [-0.2, 0) is 13.6 Å². The number of nitrogens with one attached hydrogen (secondary N) is 2. The summed E-state index contributed by atoms with van der Waals surface area (Å²) in [6.07, 6.45) is 4.85. The van der Waals surface area contributed by atoms with Crippen molar-refractivity contribution in [2.75, 3.05) is 26.2 Å². The number of piperidine rings is 1. The van der Waals surface area contributed by atoms with Crippen LogP contribution in [0.4, 0.5) is 0 Å². The number of rotatable bonds is 9. The molecule has 1 fully saturated rings. The van der Waals surface area contributed by atoms with Crippen molar-refractivity contribution in [2.24, 2.45) is 18.0 Å². The molecule has 1 atom stereocenters. The molecule has 0 aromatic carbocycles. The highest BCUT2D eigenvalue weighted by Gasteiger charge is 2.25. The molecule has 1 saturated heterocycles. The molecule has 3 rings (SSSR count). The number of aliphatic imine (C=N–C) groups is 1. The molecule has 174 valence electrons. The molecular weight excluding hydrogens is 521 g/mol. The molecule has 0 radical (unpaired) electrons. The van der Waals surface area contributed by atoms with Gasteiger partial charge in [-0.25, -0.2) is 4.99 Å². The van der Waals surface area contributed by atoms with Crippen LogP contribution in [0.3, 0.4) is 0 Å². The van der Waals surface area contributed by atoms with Crippen LogP contribution in [0.1, 0.15) is 62.1 Å². The highest BCUT2D eigenvalue weighted by molar-refractivity contribution is 14.0. The van der Waals surface area contributed by atoms with Crippen LogP contribution in [0, 0.1) is 12.8 Å². The van der Waals surface area contributed by atoms with Gasteiger partial charge in [-0.2, -0.15) is 0 Å². The molecule has 0 spiro atoms. The van der Waals surface area contributed by atoms with E-state index in [1.807, 2.05) is 29.9 Å². The summed E-state index contributed by atoms with van der Waals surface area (Å²) in [4.78, 5) is 8.86. The number of likely N-dealkylation sites (tertiary alicyclic amines) is 1. The highest BCUT2D eigenvalue weighted by atomic mass is 127. The molecule has 0 aliphatic carbocycles. The van der Waals surface area contributed by atoms with Crippen molar-refractivity contribution in [3.8, 4) is 0 Å². The van der Waals surface area contributed by atoms with Crippen molar-refractivity contribution in [3.63, 3.8) is 0 Å². The number of halogens is 1. The lowest BCUT2D eigenvalue weighted by Gasteiger charge is -2.36. The van der Waals surface area contributed by atoms with E-state index in [1.54, 1.807) is 0 Å². The summed E-state index contributed by atoms with van der Waals surface area (Å²) >= 11 is 1.85. The van der Waals surface area contributed by atoms with E-state index in [0.717, 1.165) is 49.5 Å². The van der Waals surface area contributed by atoms with E-state index in [9.17, 15) is 0 Å². The zero-order valence-electron chi connectivity index (χ0n) is 19.3. The van der Waals surface area contributed by atoms with Crippen LogP contribution in [0.2, 0.25) is 0 Å². The molecule has 9 heteroatoms. The summed E-state index contributed by atoms with van der Waals surface area (Å²) in [6, 6.07) is 4.80. The van der Waals surface area contributed by atoms with E-state index in [1.165, 1.54) is 30.8 Å². The van der Waals surface area contributed by atoms with Crippen molar-refractivity contribution >= 4 is 41.3 Å². The number of hydrogen-bond donors (Lipinski definition) is 2. The van der Waals surface area contributed by atoms with Gasteiger partial charge in [0.05, 0.1) is 6.04 Å². The Labute approximate surface area is 208 Å². The predicted molar refractivity (Wildman–Crippen MR) is 140 cm³/mol. The van der Waals surface area contributed by atoms with Gasteiger partial charge in [-0.1, -0.05) is 26.3 Å². The van der Waals surface area contributed by atoms with Crippen molar-refractivity contribution in [1.29, 1.82) is 0 Å². The van der Waals surface area contributed by atoms with E-state index in [0.29, 0.717) is 12.6 Å². The third-order valence-electron chi connectivity index (χ3n) is 5.98. The Balaban J connectivity index is 0.00000341. The number of thiophene rings is 1. The molecule has 2 N–H and O–H groups in total. The highest BCUT2D eigenvalue weighted by Crippen LogP contribution is 2.29. The average molecular weight is 560 g/mol. The second-order valence-corrected chi connectivity index (χ2v) is 9.28. The second kappa shape index (κ2) is 13.4. The first-order chi connectivity index (χ1) is 14.6. The first-order valence-corrected chi connectivity index (χ1v) is 12.1. The largest absolute Gasteiger partial charge is 0.356 e. The van der Waals surface area contributed by atoms with Gasteiger partial charge in [-0.15, -0.1) is 45.5 Å². The Hall–Kier alpha value is -1.20. The minimum atomic E-state index is 0. The van der Waals surface area contributed by atoms with Crippen LogP contribution in [-0.4, -0.2) is 51.8 Å². The predicted octanol–water partition coefficient (Wildman–Crippen LogP) is 4.11. The van der Waals surface area contributed by atoms with Crippen LogP contribution in [0.25, 0.3) is 0 Å². The molecule has 7 nitrogen and oxygen atoms in total. The molecular formula is C22H38IN7S. The van der Waals surface area contributed by atoms with Crippen molar-refractivity contribution in [2.45, 2.75) is 59.0 Å². The maximum absolute atomic E-state index is 4.81. The zero-order chi connectivity index (χ0) is 21.3. The molecule has 3 heterocycles. The number of unbranched alkanes of at least 4 members (excludes halogenated alkanes) is 1. The summed E-state index contributed by atoms with van der Waals surface area (Å²) in [5, 5.41) is 17.7. The van der Waals surface area contributed by atoms with Gasteiger partial charge in [-0.3, -0.25) is 4.90 Å². The Morgan fingerprint density at radius 2 is 2.06 bits per heavy atom. The zero-order valence-corrected chi connectivity index (χ0v) is 22.5. The lowest BCUT2D eigenvalue weighted by Crippen LogP contribution is -2.45. The molecule has 0 saturated carbocycles. The van der Waals surface area contributed by atoms with Crippen LogP contribution < -0.4 is 10.6 Å². The molecule has 1 unspecified atom stereocenters. The third kappa shape index (κ3) is 7.71. The molecule has 0 bridgehead atoms. The Morgan fingerprint density at radius 1 is 1.29 bits per heavy atom. The minimum Gasteiger partial charge on any atom is -0.356 e. The topological polar surface area (TPSA) is 70.4 Å². The minimum absolute atomic E-state index is 0. The lowest BCUT2D eigenvalue weighted by molar-refractivity contribution is 0.140. The number of guanidine groups is 1. The van der Waals surface area contributed by atoms with Gasteiger partial charge in [0.2, 0.25) is 0 Å². The van der Waals surface area contributed by atoms with Gasteiger partial charge >= 0.3 is 0 Å². The van der Waals surface area contributed by atoms with Crippen molar-refractivity contribution in [1.82, 2.24) is 30.3 Å². The van der Waals surface area contributed by atoms with Crippen LogP contribution in [0.15, 0.2) is 22.5 Å². The molecule has 31 heavy (non-hydrogen) atoms. The van der Waals surface area contributed by atoms with Crippen molar-refractivity contribution < 1.29 is 0 Å². The summed E-state index contributed by atoms with van der Waals surface area (Å²) < 4.78 is 2.00. The van der Waals surface area contributed by atoms with Crippen LogP contribution in [0.5, 0.6) is 0 Å². The monoisotopic (exact) mass is 559 g/mol. The molecule has 1 aliphatic rings. The fourth-order valence-corrected chi connectivity index (χ4v) is 4.58. The normalized spacial score (nSPS) is 16.7. The summed E-state index contributed by atoms with van der Waals surface area (Å²) in [5.41, 5.74) is 0. The molecule has 2 aromatic rings. The maximum Gasteiger partial charge on any atom is 0.191 e. The van der Waals surface area contributed by atoms with E-state index in [-0.39, 0.29) is 24.0 Å². The first kappa shape index (κ1) is 26.1. The fourth-order valence-electron chi connectivity index (χ4n) is 3.72. The molecule has 1 aliphatic heterocycles. The Kier molecular flexibility index (Phi) is 11.2. The fraction of sp³-hybridized carbons (Fsp3) is 0.682. The Morgan fingerprint density at radius 3 is 2.68 bits per heavy atom. The van der Waals surface area contributed by atoms with E-state index >= 15 is 0 Å². The molecule has 0 amide bonds. The second-order valence-electron chi connectivity index (χ2n) is 8.30. The number of hydrogen-bond acceptors (Lipinski definition) is 5. The quantitative estimate of drug-likeness (QED) is 0.210. The van der Waals surface area contributed by atoms with Gasteiger partial charge in [0.25, 0.3) is 0 Å². The number of nitrogens with zero attached hydrogens (tertiary/aromatic N) is 5. The summed E-state index contributed by atoms with van der Waals surface area (Å²) in [5.74, 6) is 3.48. The van der Waals surface area contributed by atoms with Gasteiger partial charge in [0.1, 0.15) is 12.4 Å². The Bertz CT molecular complexity index is 782. The standard InChI is InChI=1S/C22H37N7S.HI/c1-5-6-11-23-22(25-16-21-27-26-18(3)28(21)4)24-15-19(20-8-7-14-30-20)29-12-9-17(2)10-13-29;/h7-8,14,17,19H,5-6,9-13,15-16H2,1-4H3,(H2,23,24,25);1H. The van der Waals surface area contributed by atoms with Gasteiger partial charge in [-0.05, 0) is 56.6 Å². The number of aryl methyl sites for hydroxylation is 1. The van der Waals surface area contributed by atoms with Gasteiger partial charge in [0.15, 0.2) is 11.8 Å². The maximum atomic E-state index is 4.81. The van der Waals surface area contributed by atoms with Gasteiger partial charge in [0, 0.05) is 25.0 Å². The SMILES string of the molecule is CCCCNC(=NCc1nnc(C)n1C)NCC(c1cccs1)N1CCC(C)CC1.I. The molecule has 2 aromatic heterocycles. The summed E-state index contributed by atoms with van der Waals surface area (Å²) in [6.45, 7) is 11.2.